The molecule has 0 radical (unpaired) electrons. The number of carbonyl (C=O) groups excluding carboxylic acids is 2. The second-order valence-corrected chi connectivity index (χ2v) is 6.78. The first kappa shape index (κ1) is 19.2. The van der Waals surface area contributed by atoms with Gasteiger partial charge < -0.3 is 15.1 Å². The van der Waals surface area contributed by atoms with E-state index in [2.05, 4.69) is 10.2 Å². The van der Waals surface area contributed by atoms with Crippen molar-refractivity contribution in [3.05, 3.63) is 58.9 Å². The summed E-state index contributed by atoms with van der Waals surface area (Å²) in [6, 6.07) is 10.8. The molecule has 2 aromatic rings. The predicted molar refractivity (Wildman–Crippen MR) is 105 cm³/mol. The topological polar surface area (TPSA) is 52.7 Å². The van der Waals surface area contributed by atoms with Gasteiger partial charge in [-0.25, -0.2) is 4.39 Å². The number of amides is 2. The van der Waals surface area contributed by atoms with E-state index < -0.39 is 11.7 Å². The molecule has 0 unspecified atom stereocenters. The molecule has 142 valence electrons. The lowest BCUT2D eigenvalue weighted by atomic mass is 10.1. The molecular formula is C20H21ClFN3O2. The Morgan fingerprint density at radius 1 is 1.11 bits per heavy atom. The summed E-state index contributed by atoms with van der Waals surface area (Å²) in [4.78, 5) is 28.3. The van der Waals surface area contributed by atoms with Crippen molar-refractivity contribution in [1.29, 1.82) is 0 Å². The summed E-state index contributed by atoms with van der Waals surface area (Å²) in [5.74, 6) is -0.728. The molecule has 0 aromatic heterocycles. The summed E-state index contributed by atoms with van der Waals surface area (Å²) >= 11 is 6.11. The van der Waals surface area contributed by atoms with Crippen LogP contribution in [0.15, 0.2) is 42.5 Å². The Morgan fingerprint density at radius 2 is 1.85 bits per heavy atom. The maximum Gasteiger partial charge on any atom is 0.255 e. The Balaban J connectivity index is 1.78. The smallest absolute Gasteiger partial charge is 0.255 e. The molecule has 1 saturated heterocycles. The third-order valence-electron chi connectivity index (χ3n) is 4.57. The lowest BCUT2D eigenvalue weighted by Gasteiger charge is -2.37. The highest BCUT2D eigenvalue weighted by Gasteiger charge is 2.22. The van der Waals surface area contributed by atoms with E-state index in [4.69, 9.17) is 11.6 Å². The number of benzene rings is 2. The van der Waals surface area contributed by atoms with Crippen molar-refractivity contribution in [1.82, 2.24) is 4.90 Å². The fraction of sp³-hybridized carbons (Fsp3) is 0.300. The molecule has 0 bridgehead atoms. The van der Waals surface area contributed by atoms with E-state index in [1.165, 1.54) is 18.2 Å². The van der Waals surface area contributed by atoms with Crippen LogP contribution < -0.4 is 10.2 Å². The van der Waals surface area contributed by atoms with E-state index in [1.54, 1.807) is 18.2 Å². The Bertz CT molecular complexity index is 851. The van der Waals surface area contributed by atoms with Crippen molar-refractivity contribution in [2.75, 3.05) is 36.4 Å². The van der Waals surface area contributed by atoms with Crippen LogP contribution in [0.1, 0.15) is 23.7 Å². The monoisotopic (exact) mass is 389 g/mol. The Morgan fingerprint density at radius 3 is 2.52 bits per heavy atom. The van der Waals surface area contributed by atoms with Crippen molar-refractivity contribution in [2.45, 2.75) is 13.3 Å². The van der Waals surface area contributed by atoms with Gasteiger partial charge in [-0.05, 0) is 36.4 Å². The van der Waals surface area contributed by atoms with Gasteiger partial charge in [0.2, 0.25) is 5.91 Å². The van der Waals surface area contributed by atoms with Crippen LogP contribution in [0.2, 0.25) is 5.02 Å². The third kappa shape index (κ3) is 4.57. The molecular weight excluding hydrogens is 369 g/mol. The summed E-state index contributed by atoms with van der Waals surface area (Å²) in [6.45, 7) is 4.44. The third-order valence-corrected chi connectivity index (χ3v) is 4.80. The van der Waals surface area contributed by atoms with Crippen LogP contribution in [-0.4, -0.2) is 42.9 Å². The van der Waals surface area contributed by atoms with Gasteiger partial charge in [-0.15, -0.1) is 0 Å². The van der Waals surface area contributed by atoms with Crippen LogP contribution in [0.3, 0.4) is 0 Å². The van der Waals surface area contributed by atoms with Crippen molar-refractivity contribution in [2.24, 2.45) is 0 Å². The molecule has 7 heteroatoms. The summed E-state index contributed by atoms with van der Waals surface area (Å²) in [7, 11) is 0. The van der Waals surface area contributed by atoms with Crippen LogP contribution in [0.25, 0.3) is 0 Å². The van der Waals surface area contributed by atoms with Crippen molar-refractivity contribution >= 4 is 34.8 Å². The molecule has 3 rings (SSSR count). The van der Waals surface area contributed by atoms with Gasteiger partial charge in [0.15, 0.2) is 0 Å². The molecule has 0 saturated carbocycles. The van der Waals surface area contributed by atoms with Crippen molar-refractivity contribution in [3.8, 4) is 0 Å². The predicted octanol–water partition coefficient (Wildman–Crippen LogP) is 3.79. The first-order valence-corrected chi connectivity index (χ1v) is 9.25. The Hall–Kier alpha value is -2.60. The number of hydrogen-bond donors (Lipinski definition) is 1. The molecule has 0 aliphatic carbocycles. The minimum absolute atomic E-state index is 0.144. The number of rotatable bonds is 4. The normalized spacial score (nSPS) is 14.2. The zero-order valence-corrected chi connectivity index (χ0v) is 15.8. The largest absolute Gasteiger partial charge is 0.366 e. The molecule has 2 aromatic carbocycles. The van der Waals surface area contributed by atoms with Gasteiger partial charge in [-0.1, -0.05) is 24.6 Å². The molecule has 5 nitrogen and oxygen atoms in total. The number of anilines is 2. The summed E-state index contributed by atoms with van der Waals surface area (Å²) in [6.07, 6.45) is 0.496. The van der Waals surface area contributed by atoms with E-state index >= 15 is 0 Å². The van der Waals surface area contributed by atoms with Crippen molar-refractivity contribution < 1.29 is 14.0 Å². The number of halogens is 2. The zero-order valence-electron chi connectivity index (χ0n) is 15.0. The fourth-order valence-electron chi connectivity index (χ4n) is 3.13. The van der Waals surface area contributed by atoms with Gasteiger partial charge in [0.25, 0.3) is 5.91 Å². The van der Waals surface area contributed by atoms with E-state index in [9.17, 15) is 14.0 Å². The van der Waals surface area contributed by atoms with Gasteiger partial charge in [0, 0.05) is 43.2 Å². The number of nitrogens with one attached hydrogen (secondary N) is 1. The van der Waals surface area contributed by atoms with Gasteiger partial charge in [0.1, 0.15) is 5.82 Å². The standard InChI is InChI=1S/C20H21ClFN3O2/c1-2-19(26)25-10-8-24(9-11-25)18-7-6-15(21)13-17(18)23-20(27)14-4-3-5-16(22)12-14/h3-7,12-13H,2,8-11H2,1H3,(H,23,27). The lowest BCUT2D eigenvalue weighted by Crippen LogP contribution is -2.48. The first-order valence-electron chi connectivity index (χ1n) is 8.87. The quantitative estimate of drug-likeness (QED) is 0.865. The number of nitrogens with zero attached hydrogens (tertiary/aromatic N) is 2. The molecule has 27 heavy (non-hydrogen) atoms. The number of carbonyl (C=O) groups is 2. The van der Waals surface area contributed by atoms with Gasteiger partial charge in [-0.2, -0.15) is 0 Å². The molecule has 1 aliphatic rings. The van der Waals surface area contributed by atoms with Gasteiger partial charge >= 0.3 is 0 Å². The highest BCUT2D eigenvalue weighted by Crippen LogP contribution is 2.30. The maximum atomic E-state index is 13.4. The molecule has 1 fully saturated rings. The van der Waals surface area contributed by atoms with Crippen molar-refractivity contribution in [3.63, 3.8) is 0 Å². The second-order valence-electron chi connectivity index (χ2n) is 6.35. The minimum atomic E-state index is -0.467. The summed E-state index contributed by atoms with van der Waals surface area (Å²) in [5, 5.41) is 3.32. The molecule has 0 spiro atoms. The van der Waals surface area contributed by atoms with E-state index in [1.807, 2.05) is 17.9 Å². The zero-order chi connectivity index (χ0) is 19.4. The number of hydrogen-bond acceptors (Lipinski definition) is 3. The van der Waals surface area contributed by atoms with E-state index in [0.717, 1.165) is 5.69 Å². The van der Waals surface area contributed by atoms with Crippen LogP contribution in [0.5, 0.6) is 0 Å². The highest BCUT2D eigenvalue weighted by atomic mass is 35.5. The maximum absolute atomic E-state index is 13.4. The highest BCUT2D eigenvalue weighted by molar-refractivity contribution is 6.31. The van der Waals surface area contributed by atoms with Crippen LogP contribution in [-0.2, 0) is 4.79 Å². The first-order chi connectivity index (χ1) is 13.0. The molecule has 1 heterocycles. The lowest BCUT2D eigenvalue weighted by molar-refractivity contribution is -0.131. The van der Waals surface area contributed by atoms with Crippen LogP contribution in [0, 0.1) is 5.82 Å². The van der Waals surface area contributed by atoms with Crippen LogP contribution in [0.4, 0.5) is 15.8 Å². The Kier molecular flexibility index (Phi) is 5.96. The Labute approximate surface area is 162 Å². The van der Waals surface area contributed by atoms with E-state index in [0.29, 0.717) is 43.3 Å². The molecule has 0 atom stereocenters. The SMILES string of the molecule is CCC(=O)N1CCN(c2ccc(Cl)cc2NC(=O)c2cccc(F)c2)CC1. The minimum Gasteiger partial charge on any atom is -0.366 e. The van der Waals surface area contributed by atoms with E-state index in [-0.39, 0.29) is 11.5 Å². The average Bonchev–Trinajstić information content (AvgIpc) is 2.67. The number of piperazine rings is 1. The fourth-order valence-corrected chi connectivity index (χ4v) is 3.30. The second kappa shape index (κ2) is 8.39. The summed E-state index contributed by atoms with van der Waals surface area (Å²) in [5.41, 5.74) is 1.62. The van der Waals surface area contributed by atoms with Gasteiger partial charge in [-0.3, -0.25) is 9.59 Å². The van der Waals surface area contributed by atoms with Crippen LogP contribution >= 0.6 is 11.6 Å². The average molecular weight is 390 g/mol. The molecule has 1 aliphatic heterocycles. The molecule has 2 amide bonds. The summed E-state index contributed by atoms with van der Waals surface area (Å²) < 4.78 is 13.4. The molecule has 1 N–H and O–H groups in total. The van der Waals surface area contributed by atoms with Gasteiger partial charge in [0.05, 0.1) is 11.4 Å².